The van der Waals surface area contributed by atoms with Crippen LogP contribution in [0.2, 0.25) is 0 Å². The van der Waals surface area contributed by atoms with Gasteiger partial charge >= 0.3 is 0 Å². The van der Waals surface area contributed by atoms with Crippen LogP contribution < -0.4 is 0 Å². The molecule has 1 heterocycles. The second kappa shape index (κ2) is 5.23. The fourth-order valence-electron chi connectivity index (χ4n) is 1.55. The molecule has 0 amide bonds. The lowest BCUT2D eigenvalue weighted by atomic mass is 10.0. The molecular formula is C14H12BrNO. The van der Waals surface area contributed by atoms with Gasteiger partial charge in [-0.2, -0.15) is 0 Å². The zero-order chi connectivity index (χ0) is 12.3. The maximum atomic E-state index is 12.0. The molecule has 0 radical (unpaired) electrons. The predicted molar refractivity (Wildman–Crippen MR) is 71.2 cm³/mol. The first kappa shape index (κ1) is 12.0. The third-order valence-corrected chi connectivity index (χ3v) is 3.32. The van der Waals surface area contributed by atoms with E-state index in [0.29, 0.717) is 12.0 Å². The van der Waals surface area contributed by atoms with E-state index >= 15 is 0 Å². The number of nitrogens with zero attached hydrogens (tertiary/aromatic N) is 1. The molecule has 2 nitrogen and oxygen atoms in total. The molecule has 0 saturated carbocycles. The molecule has 86 valence electrons. The highest BCUT2D eigenvalue weighted by molar-refractivity contribution is 9.10. The van der Waals surface area contributed by atoms with Crippen molar-refractivity contribution in [2.75, 3.05) is 0 Å². The van der Waals surface area contributed by atoms with Gasteiger partial charge in [0, 0.05) is 28.3 Å². The Bertz CT molecular complexity index is 534. The van der Waals surface area contributed by atoms with Crippen LogP contribution in [0.15, 0.2) is 47.1 Å². The second-order valence-electron chi connectivity index (χ2n) is 3.88. The Kier molecular flexibility index (Phi) is 3.69. The first-order valence-corrected chi connectivity index (χ1v) is 6.15. The average molecular weight is 290 g/mol. The quantitative estimate of drug-likeness (QED) is 0.809. The molecule has 17 heavy (non-hydrogen) atoms. The largest absolute Gasteiger partial charge is 0.294 e. The molecule has 0 saturated heterocycles. The zero-order valence-corrected chi connectivity index (χ0v) is 11.1. The fourth-order valence-corrected chi connectivity index (χ4v) is 1.97. The molecule has 0 aliphatic heterocycles. The summed E-state index contributed by atoms with van der Waals surface area (Å²) in [5, 5.41) is 0. The number of aryl methyl sites for hydroxylation is 1. The van der Waals surface area contributed by atoms with Crippen molar-refractivity contribution < 1.29 is 4.79 Å². The Labute approximate surface area is 109 Å². The summed E-state index contributed by atoms with van der Waals surface area (Å²) < 4.78 is 0.966. The Hall–Kier alpha value is -1.48. The van der Waals surface area contributed by atoms with Crippen LogP contribution in [-0.4, -0.2) is 10.8 Å². The van der Waals surface area contributed by atoms with Crippen molar-refractivity contribution in [2.24, 2.45) is 0 Å². The number of hydrogen-bond acceptors (Lipinski definition) is 2. The van der Waals surface area contributed by atoms with E-state index in [1.54, 1.807) is 6.20 Å². The number of aromatic nitrogens is 1. The van der Waals surface area contributed by atoms with Crippen molar-refractivity contribution in [3.05, 3.63) is 63.9 Å². The summed E-state index contributed by atoms with van der Waals surface area (Å²) in [4.78, 5) is 16.1. The maximum absolute atomic E-state index is 12.0. The Morgan fingerprint density at radius 2 is 2.00 bits per heavy atom. The SMILES string of the molecule is Cc1ccc(C(=O)Cc2ccccc2Br)cn1. The van der Waals surface area contributed by atoms with Gasteiger partial charge in [0.05, 0.1) is 0 Å². The molecule has 0 unspecified atom stereocenters. The first-order chi connectivity index (χ1) is 8.16. The number of benzene rings is 1. The van der Waals surface area contributed by atoms with E-state index in [1.165, 1.54) is 0 Å². The number of rotatable bonds is 3. The molecule has 0 spiro atoms. The summed E-state index contributed by atoms with van der Waals surface area (Å²) in [5.41, 5.74) is 2.58. The van der Waals surface area contributed by atoms with Crippen LogP contribution in [0.1, 0.15) is 21.6 Å². The normalized spacial score (nSPS) is 10.2. The average Bonchev–Trinajstić information content (AvgIpc) is 2.33. The van der Waals surface area contributed by atoms with Gasteiger partial charge in [0.15, 0.2) is 5.78 Å². The van der Waals surface area contributed by atoms with Crippen molar-refractivity contribution in [1.29, 1.82) is 0 Å². The van der Waals surface area contributed by atoms with Gasteiger partial charge in [0.25, 0.3) is 0 Å². The van der Waals surface area contributed by atoms with Crippen molar-refractivity contribution >= 4 is 21.7 Å². The highest BCUT2D eigenvalue weighted by Crippen LogP contribution is 2.17. The summed E-state index contributed by atoms with van der Waals surface area (Å²) >= 11 is 3.44. The number of pyridine rings is 1. The van der Waals surface area contributed by atoms with Crippen LogP contribution in [0, 0.1) is 6.92 Å². The smallest absolute Gasteiger partial charge is 0.168 e. The predicted octanol–water partition coefficient (Wildman–Crippen LogP) is 3.58. The standard InChI is InChI=1S/C14H12BrNO/c1-10-6-7-12(9-16-10)14(17)8-11-4-2-3-5-13(11)15/h2-7,9H,8H2,1H3. The topological polar surface area (TPSA) is 30.0 Å². The first-order valence-electron chi connectivity index (χ1n) is 5.36. The molecule has 2 aromatic rings. The fraction of sp³-hybridized carbons (Fsp3) is 0.143. The molecule has 2 rings (SSSR count). The van der Waals surface area contributed by atoms with Gasteiger partial charge in [-0.15, -0.1) is 0 Å². The Morgan fingerprint density at radius 1 is 1.24 bits per heavy atom. The molecular weight excluding hydrogens is 278 g/mol. The minimum Gasteiger partial charge on any atom is -0.294 e. The summed E-state index contributed by atoms with van der Waals surface area (Å²) in [6.07, 6.45) is 2.03. The summed E-state index contributed by atoms with van der Waals surface area (Å²) in [6, 6.07) is 11.4. The van der Waals surface area contributed by atoms with Gasteiger partial charge < -0.3 is 0 Å². The minimum atomic E-state index is 0.0874. The summed E-state index contributed by atoms with van der Waals surface area (Å²) in [5.74, 6) is 0.0874. The Balaban J connectivity index is 2.17. The summed E-state index contributed by atoms with van der Waals surface area (Å²) in [6.45, 7) is 1.90. The van der Waals surface area contributed by atoms with Gasteiger partial charge in [-0.25, -0.2) is 0 Å². The molecule has 0 aliphatic rings. The van der Waals surface area contributed by atoms with Gasteiger partial charge in [0.1, 0.15) is 0 Å². The number of carbonyl (C=O) groups is 1. The van der Waals surface area contributed by atoms with E-state index in [4.69, 9.17) is 0 Å². The van der Waals surface area contributed by atoms with E-state index < -0.39 is 0 Å². The lowest BCUT2D eigenvalue weighted by Crippen LogP contribution is -2.04. The summed E-state index contributed by atoms with van der Waals surface area (Å²) in [7, 11) is 0. The van der Waals surface area contributed by atoms with Gasteiger partial charge in [-0.3, -0.25) is 9.78 Å². The third kappa shape index (κ3) is 3.01. The molecule has 0 aliphatic carbocycles. The number of hydrogen-bond donors (Lipinski definition) is 0. The van der Waals surface area contributed by atoms with E-state index in [1.807, 2.05) is 43.3 Å². The van der Waals surface area contributed by atoms with Crippen LogP contribution >= 0.6 is 15.9 Å². The number of carbonyl (C=O) groups excluding carboxylic acids is 1. The van der Waals surface area contributed by atoms with Crippen molar-refractivity contribution in [2.45, 2.75) is 13.3 Å². The zero-order valence-electron chi connectivity index (χ0n) is 9.48. The number of ketones is 1. The molecule has 1 aromatic heterocycles. The Morgan fingerprint density at radius 3 is 2.65 bits per heavy atom. The number of Topliss-reactive ketones (excluding diaryl/α,β-unsaturated/α-hetero) is 1. The number of halogens is 1. The van der Waals surface area contributed by atoms with Gasteiger partial charge in [-0.05, 0) is 30.7 Å². The highest BCUT2D eigenvalue weighted by atomic mass is 79.9. The van der Waals surface area contributed by atoms with Crippen LogP contribution in [0.4, 0.5) is 0 Å². The lowest BCUT2D eigenvalue weighted by Gasteiger charge is -2.03. The van der Waals surface area contributed by atoms with E-state index in [2.05, 4.69) is 20.9 Å². The molecule has 1 aromatic carbocycles. The lowest BCUT2D eigenvalue weighted by molar-refractivity contribution is 0.0992. The van der Waals surface area contributed by atoms with E-state index in [9.17, 15) is 4.79 Å². The van der Waals surface area contributed by atoms with Gasteiger partial charge in [-0.1, -0.05) is 34.1 Å². The van der Waals surface area contributed by atoms with Crippen LogP contribution in [0.3, 0.4) is 0 Å². The van der Waals surface area contributed by atoms with E-state index in [-0.39, 0.29) is 5.78 Å². The van der Waals surface area contributed by atoms with Crippen molar-refractivity contribution in [3.63, 3.8) is 0 Å². The highest BCUT2D eigenvalue weighted by Gasteiger charge is 2.09. The van der Waals surface area contributed by atoms with Crippen LogP contribution in [0.5, 0.6) is 0 Å². The molecule has 0 atom stereocenters. The van der Waals surface area contributed by atoms with Crippen molar-refractivity contribution in [1.82, 2.24) is 4.98 Å². The van der Waals surface area contributed by atoms with Gasteiger partial charge in [0.2, 0.25) is 0 Å². The van der Waals surface area contributed by atoms with E-state index in [0.717, 1.165) is 15.7 Å². The van der Waals surface area contributed by atoms with Crippen LogP contribution in [0.25, 0.3) is 0 Å². The maximum Gasteiger partial charge on any atom is 0.168 e. The van der Waals surface area contributed by atoms with Crippen molar-refractivity contribution in [3.8, 4) is 0 Å². The molecule has 3 heteroatoms. The third-order valence-electron chi connectivity index (χ3n) is 2.54. The monoisotopic (exact) mass is 289 g/mol. The molecule has 0 bridgehead atoms. The minimum absolute atomic E-state index is 0.0874. The second-order valence-corrected chi connectivity index (χ2v) is 4.73. The van der Waals surface area contributed by atoms with Crippen LogP contribution in [-0.2, 0) is 6.42 Å². The molecule has 0 fully saturated rings. The molecule has 0 N–H and O–H groups in total.